The third kappa shape index (κ3) is 5.09. The predicted octanol–water partition coefficient (Wildman–Crippen LogP) is 4.14. The van der Waals surface area contributed by atoms with Crippen molar-refractivity contribution in [1.29, 1.82) is 0 Å². The Balaban J connectivity index is 1.50. The molecule has 32 heavy (non-hydrogen) atoms. The van der Waals surface area contributed by atoms with Crippen LogP contribution in [0.3, 0.4) is 0 Å². The highest BCUT2D eigenvalue weighted by Gasteiger charge is 2.35. The van der Waals surface area contributed by atoms with Crippen LogP contribution in [0.4, 0.5) is 10.3 Å². The highest BCUT2D eigenvalue weighted by Crippen LogP contribution is 2.36. The van der Waals surface area contributed by atoms with Crippen molar-refractivity contribution in [3.8, 4) is 11.1 Å². The van der Waals surface area contributed by atoms with Gasteiger partial charge in [-0.05, 0) is 43.4 Å². The molecule has 2 aliphatic rings. The third-order valence-electron chi connectivity index (χ3n) is 6.84. The summed E-state index contributed by atoms with van der Waals surface area (Å²) in [5.41, 5.74) is 1.69. The fraction of sp³-hybridized carbons (Fsp3) is 0.560. The smallest absolute Gasteiger partial charge is 0.225 e. The molecular formula is C25H33FN4O2. The van der Waals surface area contributed by atoms with E-state index in [1.165, 1.54) is 12.1 Å². The van der Waals surface area contributed by atoms with Crippen molar-refractivity contribution in [3.63, 3.8) is 0 Å². The molecule has 1 aromatic heterocycles. The molecule has 2 heterocycles. The van der Waals surface area contributed by atoms with Crippen LogP contribution in [0, 0.1) is 5.82 Å². The van der Waals surface area contributed by atoms with E-state index in [4.69, 9.17) is 4.98 Å². The lowest BCUT2D eigenvalue weighted by Crippen LogP contribution is -2.43. The minimum atomic E-state index is -0.829. The maximum absolute atomic E-state index is 13.9. The molecule has 1 aromatic carbocycles. The largest absolute Gasteiger partial charge is 0.389 e. The number of aliphatic hydroxyl groups is 1. The van der Waals surface area contributed by atoms with Crippen LogP contribution in [-0.2, 0) is 4.79 Å². The highest BCUT2D eigenvalue weighted by atomic mass is 19.1. The van der Waals surface area contributed by atoms with Gasteiger partial charge in [0.15, 0.2) is 0 Å². The summed E-state index contributed by atoms with van der Waals surface area (Å²) in [6, 6.07) is 6.53. The standard InChI is InChI=1S/C25H33FN4O2/c1-29(2)24-27-17-21(19-7-6-8-20(26)15-19)23(28-24)18-9-13-30(14-10-18)22(31)16-25(32)11-4-3-5-12-25/h6-8,15,17-18,32H,3-5,9-14,16H2,1-2H3. The van der Waals surface area contributed by atoms with Crippen LogP contribution < -0.4 is 4.90 Å². The van der Waals surface area contributed by atoms with Gasteiger partial charge in [0.05, 0.1) is 17.7 Å². The number of piperidine rings is 1. The molecule has 1 amide bonds. The van der Waals surface area contributed by atoms with Crippen LogP contribution in [-0.4, -0.2) is 58.7 Å². The van der Waals surface area contributed by atoms with E-state index in [-0.39, 0.29) is 24.1 Å². The van der Waals surface area contributed by atoms with Crippen molar-refractivity contribution in [2.45, 2.75) is 62.9 Å². The third-order valence-corrected chi connectivity index (χ3v) is 6.84. The molecule has 2 aromatic rings. The van der Waals surface area contributed by atoms with Crippen molar-refractivity contribution >= 4 is 11.9 Å². The summed E-state index contributed by atoms with van der Waals surface area (Å²) >= 11 is 0. The van der Waals surface area contributed by atoms with Gasteiger partial charge in [0.1, 0.15) is 5.82 Å². The quantitative estimate of drug-likeness (QED) is 0.757. The predicted molar refractivity (Wildman–Crippen MR) is 123 cm³/mol. The number of carbonyl (C=O) groups is 1. The van der Waals surface area contributed by atoms with Gasteiger partial charge in [0.2, 0.25) is 11.9 Å². The molecule has 1 aliphatic carbocycles. The van der Waals surface area contributed by atoms with E-state index in [1.54, 1.807) is 12.3 Å². The van der Waals surface area contributed by atoms with Gasteiger partial charge in [0, 0.05) is 44.9 Å². The van der Waals surface area contributed by atoms with E-state index >= 15 is 0 Å². The minimum Gasteiger partial charge on any atom is -0.389 e. The van der Waals surface area contributed by atoms with E-state index in [0.717, 1.165) is 61.8 Å². The van der Waals surface area contributed by atoms with Crippen LogP contribution in [0.5, 0.6) is 0 Å². The second-order valence-corrected chi connectivity index (χ2v) is 9.49. The number of hydrogen-bond donors (Lipinski definition) is 1. The Morgan fingerprint density at radius 3 is 2.59 bits per heavy atom. The molecule has 1 saturated carbocycles. The zero-order valence-electron chi connectivity index (χ0n) is 19.1. The number of anilines is 1. The lowest BCUT2D eigenvalue weighted by atomic mass is 9.82. The Labute approximate surface area is 189 Å². The highest BCUT2D eigenvalue weighted by molar-refractivity contribution is 5.77. The van der Waals surface area contributed by atoms with Gasteiger partial charge in [0.25, 0.3) is 0 Å². The molecule has 0 atom stereocenters. The van der Waals surface area contributed by atoms with Gasteiger partial charge in [-0.2, -0.15) is 0 Å². The summed E-state index contributed by atoms with van der Waals surface area (Å²) in [5.74, 6) is 0.552. The molecule has 2 fully saturated rings. The van der Waals surface area contributed by atoms with E-state index in [1.807, 2.05) is 30.0 Å². The van der Waals surface area contributed by atoms with Crippen LogP contribution in [0.25, 0.3) is 11.1 Å². The molecule has 4 rings (SSSR count). The summed E-state index contributed by atoms with van der Waals surface area (Å²) in [5, 5.41) is 10.8. The molecule has 0 unspecified atom stereocenters. The molecule has 1 saturated heterocycles. The first-order chi connectivity index (χ1) is 15.3. The average Bonchev–Trinajstić information content (AvgIpc) is 2.79. The summed E-state index contributed by atoms with van der Waals surface area (Å²) in [4.78, 5) is 25.9. The van der Waals surface area contributed by atoms with E-state index in [0.29, 0.717) is 19.0 Å². The zero-order chi connectivity index (χ0) is 22.7. The number of rotatable bonds is 5. The topological polar surface area (TPSA) is 69.6 Å². The van der Waals surface area contributed by atoms with Crippen LogP contribution in [0.2, 0.25) is 0 Å². The maximum Gasteiger partial charge on any atom is 0.225 e. The number of aromatic nitrogens is 2. The number of hydrogen-bond acceptors (Lipinski definition) is 5. The Kier molecular flexibility index (Phi) is 6.74. The first-order valence-corrected chi connectivity index (χ1v) is 11.6. The van der Waals surface area contributed by atoms with Gasteiger partial charge >= 0.3 is 0 Å². The second kappa shape index (κ2) is 9.53. The Bertz CT molecular complexity index is 951. The first kappa shape index (κ1) is 22.6. The van der Waals surface area contributed by atoms with Crippen molar-refractivity contribution < 1.29 is 14.3 Å². The molecule has 6 nitrogen and oxygen atoms in total. The summed E-state index contributed by atoms with van der Waals surface area (Å²) in [6.07, 6.45) is 8.16. The van der Waals surface area contributed by atoms with Crippen molar-refractivity contribution in [1.82, 2.24) is 14.9 Å². The van der Waals surface area contributed by atoms with Gasteiger partial charge in [-0.3, -0.25) is 4.79 Å². The molecule has 172 valence electrons. The van der Waals surface area contributed by atoms with E-state index in [9.17, 15) is 14.3 Å². The molecule has 7 heteroatoms. The second-order valence-electron chi connectivity index (χ2n) is 9.49. The molecular weight excluding hydrogens is 407 g/mol. The summed E-state index contributed by atoms with van der Waals surface area (Å²) < 4.78 is 13.9. The van der Waals surface area contributed by atoms with E-state index in [2.05, 4.69) is 4.98 Å². The van der Waals surface area contributed by atoms with Gasteiger partial charge in [-0.25, -0.2) is 14.4 Å². The minimum absolute atomic E-state index is 0.0508. The number of benzene rings is 1. The number of carbonyl (C=O) groups excluding carboxylic acids is 1. The number of halogens is 1. The average molecular weight is 441 g/mol. The molecule has 1 aliphatic heterocycles. The van der Waals surface area contributed by atoms with Gasteiger partial charge < -0.3 is 14.9 Å². The lowest BCUT2D eigenvalue weighted by Gasteiger charge is -2.36. The van der Waals surface area contributed by atoms with Gasteiger partial charge in [-0.1, -0.05) is 31.4 Å². The Morgan fingerprint density at radius 2 is 1.94 bits per heavy atom. The SMILES string of the molecule is CN(C)c1ncc(-c2cccc(F)c2)c(C2CCN(C(=O)CC3(O)CCCCC3)CC2)n1. The summed E-state index contributed by atoms with van der Waals surface area (Å²) in [7, 11) is 3.80. The Morgan fingerprint density at radius 1 is 1.22 bits per heavy atom. The van der Waals surface area contributed by atoms with Crippen molar-refractivity contribution in [3.05, 3.63) is 42.0 Å². The molecule has 0 spiro atoms. The zero-order valence-corrected chi connectivity index (χ0v) is 19.1. The number of nitrogens with zero attached hydrogens (tertiary/aromatic N) is 4. The number of likely N-dealkylation sites (tertiary alicyclic amines) is 1. The normalized spacial score (nSPS) is 19.1. The summed E-state index contributed by atoms with van der Waals surface area (Å²) in [6.45, 7) is 1.28. The molecule has 0 bridgehead atoms. The van der Waals surface area contributed by atoms with Crippen LogP contribution in [0.15, 0.2) is 30.5 Å². The fourth-order valence-electron chi connectivity index (χ4n) is 4.97. The fourth-order valence-corrected chi connectivity index (χ4v) is 4.97. The monoisotopic (exact) mass is 440 g/mol. The van der Waals surface area contributed by atoms with Crippen LogP contribution in [0.1, 0.15) is 63.0 Å². The van der Waals surface area contributed by atoms with Crippen LogP contribution >= 0.6 is 0 Å². The number of amides is 1. The van der Waals surface area contributed by atoms with Crippen molar-refractivity contribution in [2.75, 3.05) is 32.1 Å². The lowest BCUT2D eigenvalue weighted by molar-refractivity contribution is -0.138. The van der Waals surface area contributed by atoms with Crippen molar-refractivity contribution in [2.24, 2.45) is 0 Å². The van der Waals surface area contributed by atoms with Gasteiger partial charge in [-0.15, -0.1) is 0 Å². The molecule has 1 N–H and O–H groups in total. The molecule has 0 radical (unpaired) electrons. The first-order valence-electron chi connectivity index (χ1n) is 11.6. The van der Waals surface area contributed by atoms with E-state index < -0.39 is 5.60 Å². The maximum atomic E-state index is 13.9. The Hall–Kier alpha value is -2.54.